The first kappa shape index (κ1) is 29.7. The maximum atomic E-state index is 14.9. The fourth-order valence-corrected chi connectivity index (χ4v) is 7.11. The number of nitrogen functional groups attached to an aromatic ring is 1. The van der Waals surface area contributed by atoms with Crippen LogP contribution in [0.3, 0.4) is 0 Å². The van der Waals surface area contributed by atoms with Gasteiger partial charge < -0.3 is 30.9 Å². The number of rotatable bonds is 8. The number of carbonyl (C=O) groups excluding carboxylic acids is 1. The molecule has 0 radical (unpaired) electrons. The second-order valence-electron chi connectivity index (χ2n) is 12.4. The lowest BCUT2D eigenvalue weighted by Gasteiger charge is -2.37. The number of benzene rings is 3. The zero-order chi connectivity index (χ0) is 31.0. The third kappa shape index (κ3) is 5.51. The number of allylic oxidation sites excluding steroid dienone is 1. The van der Waals surface area contributed by atoms with Crippen LogP contribution in [0.2, 0.25) is 0 Å². The van der Waals surface area contributed by atoms with E-state index in [0.29, 0.717) is 36.1 Å². The van der Waals surface area contributed by atoms with Crippen molar-refractivity contribution in [2.45, 2.75) is 62.4 Å². The molecule has 3 aliphatic rings. The van der Waals surface area contributed by atoms with E-state index in [1.54, 1.807) is 21.9 Å². The summed E-state index contributed by atoms with van der Waals surface area (Å²) in [5.41, 5.74) is 9.38. The summed E-state index contributed by atoms with van der Waals surface area (Å²) in [6.07, 6.45) is 2.49. The number of carbonyl (C=O) groups is 2. The second kappa shape index (κ2) is 11.9. The Morgan fingerprint density at radius 3 is 2.32 bits per heavy atom. The van der Waals surface area contributed by atoms with Crippen molar-refractivity contribution in [2.75, 3.05) is 12.3 Å². The number of nitrogens with two attached hydrogens (primary N) is 1. The number of hydrogen-bond acceptors (Lipinski definition) is 5. The lowest BCUT2D eigenvalue weighted by molar-refractivity contribution is -0.133. The van der Waals surface area contributed by atoms with E-state index in [1.165, 1.54) is 0 Å². The highest BCUT2D eigenvalue weighted by Gasteiger charge is 2.68. The number of urea groups is 1. The maximum absolute atomic E-state index is 14.9. The van der Waals surface area contributed by atoms with Gasteiger partial charge in [-0.05, 0) is 65.7 Å². The summed E-state index contributed by atoms with van der Waals surface area (Å²) in [6.45, 7) is 2.16. The quantitative estimate of drug-likeness (QED) is 0.280. The SMILES string of the molecule is CC1CC=C(CN2C(=O)N(Cc3cccc(N)c3)C3(CC3c3ccccc3)[C@H](O)[C@@H](O)[C@H]2Cc2ccccc2)C=C1C(=O)O. The van der Waals surface area contributed by atoms with Crippen molar-refractivity contribution >= 4 is 17.7 Å². The maximum Gasteiger partial charge on any atom is 0.331 e. The van der Waals surface area contributed by atoms with Gasteiger partial charge in [-0.25, -0.2) is 9.59 Å². The van der Waals surface area contributed by atoms with Crippen molar-refractivity contribution in [3.05, 3.63) is 125 Å². The van der Waals surface area contributed by atoms with Crippen molar-refractivity contribution in [2.24, 2.45) is 5.92 Å². The van der Waals surface area contributed by atoms with Crippen molar-refractivity contribution in [3.8, 4) is 0 Å². The van der Waals surface area contributed by atoms with Gasteiger partial charge in [-0.1, -0.05) is 85.8 Å². The lowest BCUT2D eigenvalue weighted by Crippen LogP contribution is -2.52. The van der Waals surface area contributed by atoms with Crippen LogP contribution < -0.4 is 5.73 Å². The topological polar surface area (TPSA) is 127 Å². The fourth-order valence-electron chi connectivity index (χ4n) is 7.11. The molecule has 8 nitrogen and oxygen atoms in total. The molecule has 1 spiro atoms. The molecule has 3 aromatic rings. The molecule has 8 heteroatoms. The Kier molecular flexibility index (Phi) is 8.05. The summed E-state index contributed by atoms with van der Waals surface area (Å²) in [7, 11) is 0. The summed E-state index contributed by atoms with van der Waals surface area (Å²) in [5, 5.41) is 34.0. The molecule has 3 aromatic carbocycles. The van der Waals surface area contributed by atoms with E-state index in [2.05, 4.69) is 0 Å². The van der Waals surface area contributed by atoms with E-state index in [1.807, 2.05) is 91.9 Å². The van der Waals surface area contributed by atoms with E-state index in [-0.39, 0.29) is 31.0 Å². The van der Waals surface area contributed by atoms with Crippen LogP contribution in [0.1, 0.15) is 42.4 Å². The summed E-state index contributed by atoms with van der Waals surface area (Å²) in [4.78, 5) is 30.3. The average Bonchev–Trinajstić information content (AvgIpc) is 3.79. The van der Waals surface area contributed by atoms with Gasteiger partial charge in [-0.2, -0.15) is 0 Å². The molecule has 44 heavy (non-hydrogen) atoms. The molecule has 6 atom stereocenters. The Morgan fingerprint density at radius 1 is 0.955 bits per heavy atom. The van der Waals surface area contributed by atoms with Gasteiger partial charge in [-0.3, -0.25) is 0 Å². The minimum atomic E-state index is -1.26. The van der Waals surface area contributed by atoms with Crippen LogP contribution >= 0.6 is 0 Å². The molecular formula is C36H39N3O5. The van der Waals surface area contributed by atoms with E-state index in [9.17, 15) is 24.9 Å². The van der Waals surface area contributed by atoms with Gasteiger partial charge >= 0.3 is 12.0 Å². The van der Waals surface area contributed by atoms with Crippen LogP contribution in [-0.2, 0) is 17.8 Å². The van der Waals surface area contributed by atoms with Gasteiger partial charge in [0.25, 0.3) is 0 Å². The van der Waals surface area contributed by atoms with Crippen LogP contribution in [0.25, 0.3) is 0 Å². The molecule has 2 amide bonds. The molecule has 6 rings (SSSR count). The number of hydrogen-bond donors (Lipinski definition) is 4. The molecule has 0 bridgehead atoms. The third-order valence-corrected chi connectivity index (χ3v) is 9.57. The molecule has 0 aromatic heterocycles. The smallest absolute Gasteiger partial charge is 0.331 e. The zero-order valence-electron chi connectivity index (χ0n) is 24.8. The molecule has 1 saturated heterocycles. The van der Waals surface area contributed by atoms with E-state index < -0.39 is 29.8 Å². The molecule has 2 fully saturated rings. The van der Waals surface area contributed by atoms with Gasteiger partial charge in [0.05, 0.1) is 11.6 Å². The number of aliphatic hydroxyl groups excluding tert-OH is 2. The lowest BCUT2D eigenvalue weighted by atomic mass is 9.88. The number of nitrogens with zero attached hydrogens (tertiary/aromatic N) is 2. The Labute approximate surface area is 257 Å². The molecule has 2 aliphatic carbocycles. The van der Waals surface area contributed by atoms with E-state index in [0.717, 1.165) is 16.7 Å². The van der Waals surface area contributed by atoms with E-state index >= 15 is 0 Å². The van der Waals surface area contributed by atoms with Gasteiger partial charge in [-0.15, -0.1) is 0 Å². The summed E-state index contributed by atoms with van der Waals surface area (Å²) in [6, 6.07) is 25.7. The highest BCUT2D eigenvalue weighted by molar-refractivity contribution is 5.88. The number of amides is 2. The Bertz CT molecular complexity index is 1590. The molecule has 1 aliphatic heterocycles. The second-order valence-corrected chi connectivity index (χ2v) is 12.4. The molecule has 1 saturated carbocycles. The van der Waals surface area contributed by atoms with Gasteiger partial charge in [0, 0.05) is 30.3 Å². The van der Waals surface area contributed by atoms with Crippen molar-refractivity contribution in [3.63, 3.8) is 0 Å². The minimum Gasteiger partial charge on any atom is -0.478 e. The number of carboxylic acid groups (broad SMARTS) is 1. The van der Waals surface area contributed by atoms with Crippen molar-refractivity contribution < 1.29 is 24.9 Å². The van der Waals surface area contributed by atoms with Crippen LogP contribution in [0, 0.1) is 5.92 Å². The predicted molar refractivity (Wildman–Crippen MR) is 169 cm³/mol. The minimum absolute atomic E-state index is 0.100. The normalized spacial score (nSPS) is 28.3. The van der Waals surface area contributed by atoms with Crippen LogP contribution in [-0.4, -0.2) is 67.5 Å². The molecule has 1 heterocycles. The van der Waals surface area contributed by atoms with Crippen LogP contribution in [0.5, 0.6) is 0 Å². The molecule has 3 unspecified atom stereocenters. The van der Waals surface area contributed by atoms with E-state index in [4.69, 9.17) is 5.73 Å². The van der Waals surface area contributed by atoms with Crippen LogP contribution in [0.15, 0.2) is 108 Å². The third-order valence-electron chi connectivity index (χ3n) is 9.57. The van der Waals surface area contributed by atoms with Crippen LogP contribution in [0.4, 0.5) is 10.5 Å². The number of carboxylic acids is 1. The predicted octanol–water partition coefficient (Wildman–Crippen LogP) is 4.74. The first-order valence-electron chi connectivity index (χ1n) is 15.2. The Balaban J connectivity index is 1.46. The number of aliphatic hydroxyl groups is 2. The standard InChI is InChI=1S/C36H39N3O5/c1-23-15-16-26(18-29(23)34(42)43)21-38-31(19-24-9-4-2-5-10-24)32(40)33(41)36(20-30(36)27-12-6-3-7-13-27)39(35(38)44)22-25-11-8-14-28(37)17-25/h2-14,16-18,23,30-33,40-41H,15,19-22,37H2,1H3,(H,42,43)/t23?,30?,31-,32+,33-,36?/m1/s1. The monoisotopic (exact) mass is 593 g/mol. The Morgan fingerprint density at radius 2 is 1.64 bits per heavy atom. The highest BCUT2D eigenvalue weighted by Crippen LogP contribution is 2.60. The first-order valence-corrected chi connectivity index (χ1v) is 15.2. The van der Waals surface area contributed by atoms with Crippen molar-refractivity contribution in [1.29, 1.82) is 0 Å². The first-order chi connectivity index (χ1) is 21.2. The average molecular weight is 594 g/mol. The highest BCUT2D eigenvalue weighted by atomic mass is 16.4. The molecule has 5 N–H and O–H groups in total. The molecular weight excluding hydrogens is 554 g/mol. The van der Waals surface area contributed by atoms with Gasteiger partial charge in [0.15, 0.2) is 0 Å². The van der Waals surface area contributed by atoms with Gasteiger partial charge in [0.2, 0.25) is 0 Å². The summed E-state index contributed by atoms with van der Waals surface area (Å²) < 4.78 is 0. The fraction of sp³-hybridized carbons (Fsp3) is 0.333. The molecule has 228 valence electrons. The number of anilines is 1. The summed E-state index contributed by atoms with van der Waals surface area (Å²) in [5.74, 6) is -1.30. The summed E-state index contributed by atoms with van der Waals surface area (Å²) >= 11 is 0. The number of aliphatic carboxylic acids is 1. The van der Waals surface area contributed by atoms with Crippen molar-refractivity contribution in [1.82, 2.24) is 9.80 Å². The Hall–Kier alpha value is -4.40. The van der Waals surface area contributed by atoms with Gasteiger partial charge in [0.1, 0.15) is 12.2 Å². The zero-order valence-corrected chi connectivity index (χ0v) is 24.8. The largest absolute Gasteiger partial charge is 0.478 e.